The average Bonchev–Trinajstić information content (AvgIpc) is 3.54. The van der Waals surface area contributed by atoms with Gasteiger partial charge in [0.1, 0.15) is 5.75 Å². The molecule has 1 saturated carbocycles. The van der Waals surface area contributed by atoms with E-state index in [1.54, 1.807) is 31.4 Å². The van der Waals surface area contributed by atoms with Crippen LogP contribution in [0.15, 0.2) is 53.4 Å². The smallest absolute Gasteiger partial charge is 0.261 e. The summed E-state index contributed by atoms with van der Waals surface area (Å²) >= 11 is 0. The van der Waals surface area contributed by atoms with Crippen molar-refractivity contribution in [3.05, 3.63) is 54.1 Å². The molecule has 0 heterocycles. The van der Waals surface area contributed by atoms with Gasteiger partial charge in [0.05, 0.1) is 16.9 Å². The van der Waals surface area contributed by atoms with E-state index in [-0.39, 0.29) is 10.8 Å². The standard InChI is InChI=1S/C22H28N2O5S/c1-3-29-19-9-11-20(12-10-19)30(26,27)24-18-7-5-17(6-8-18)22(13-14-22)21(25)23-15-4-16-28-2/h5-12,24H,3-4,13-16H2,1-2H3,(H,23,25). The zero-order valence-corrected chi connectivity index (χ0v) is 18.1. The van der Waals surface area contributed by atoms with Crippen LogP contribution < -0.4 is 14.8 Å². The minimum absolute atomic E-state index is 0.0151. The van der Waals surface area contributed by atoms with Gasteiger partial charge < -0.3 is 14.8 Å². The van der Waals surface area contributed by atoms with Gasteiger partial charge in [-0.05, 0) is 68.1 Å². The summed E-state index contributed by atoms with van der Waals surface area (Å²) in [6.45, 7) is 3.57. The molecular formula is C22H28N2O5S. The van der Waals surface area contributed by atoms with Gasteiger partial charge in [0.15, 0.2) is 0 Å². The van der Waals surface area contributed by atoms with E-state index in [2.05, 4.69) is 10.0 Å². The van der Waals surface area contributed by atoms with Crippen molar-refractivity contribution in [2.45, 2.75) is 36.5 Å². The zero-order chi connectivity index (χ0) is 21.6. The molecule has 2 N–H and O–H groups in total. The minimum atomic E-state index is -3.71. The third-order valence-corrected chi connectivity index (χ3v) is 6.53. The molecule has 1 aliphatic carbocycles. The number of rotatable bonds is 11. The van der Waals surface area contributed by atoms with Crippen LogP contribution in [0, 0.1) is 0 Å². The van der Waals surface area contributed by atoms with Crippen LogP contribution in [0.1, 0.15) is 31.7 Å². The van der Waals surface area contributed by atoms with Gasteiger partial charge in [-0.15, -0.1) is 0 Å². The maximum Gasteiger partial charge on any atom is 0.261 e. The molecule has 0 saturated heterocycles. The van der Waals surface area contributed by atoms with Crippen LogP contribution in [0.2, 0.25) is 0 Å². The van der Waals surface area contributed by atoms with E-state index in [0.717, 1.165) is 24.8 Å². The van der Waals surface area contributed by atoms with Crippen molar-refractivity contribution in [2.75, 3.05) is 31.6 Å². The zero-order valence-electron chi connectivity index (χ0n) is 17.3. The van der Waals surface area contributed by atoms with Crippen LogP contribution in [-0.4, -0.2) is 41.2 Å². The van der Waals surface area contributed by atoms with Crippen molar-refractivity contribution < 1.29 is 22.7 Å². The molecule has 0 atom stereocenters. The molecule has 0 aliphatic heterocycles. The van der Waals surface area contributed by atoms with Gasteiger partial charge in [0, 0.05) is 25.9 Å². The van der Waals surface area contributed by atoms with Crippen molar-refractivity contribution >= 4 is 21.6 Å². The number of hydrogen-bond acceptors (Lipinski definition) is 5. The number of amides is 1. The fraction of sp³-hybridized carbons (Fsp3) is 0.409. The van der Waals surface area contributed by atoms with E-state index in [4.69, 9.17) is 9.47 Å². The maximum atomic E-state index is 12.6. The van der Waals surface area contributed by atoms with Crippen LogP contribution in [-0.2, 0) is 25.0 Å². The molecule has 2 aromatic rings. The number of methoxy groups -OCH3 is 1. The third kappa shape index (κ3) is 5.12. The van der Waals surface area contributed by atoms with Crippen LogP contribution in [0.25, 0.3) is 0 Å². The molecule has 162 valence electrons. The lowest BCUT2D eigenvalue weighted by molar-refractivity contribution is -0.123. The Bertz CT molecular complexity index is 952. The molecule has 1 amide bonds. The summed E-state index contributed by atoms with van der Waals surface area (Å²) in [6.07, 6.45) is 2.35. The van der Waals surface area contributed by atoms with E-state index in [1.165, 1.54) is 12.1 Å². The first kappa shape index (κ1) is 22.1. The fourth-order valence-corrected chi connectivity index (χ4v) is 4.37. The van der Waals surface area contributed by atoms with Gasteiger partial charge in [-0.2, -0.15) is 0 Å². The Balaban J connectivity index is 1.64. The molecule has 0 bridgehead atoms. The van der Waals surface area contributed by atoms with Gasteiger partial charge in [0.2, 0.25) is 5.91 Å². The van der Waals surface area contributed by atoms with Crippen molar-refractivity contribution in [1.29, 1.82) is 0 Å². The highest BCUT2D eigenvalue weighted by Gasteiger charge is 2.50. The summed E-state index contributed by atoms with van der Waals surface area (Å²) in [7, 11) is -2.07. The second-order valence-electron chi connectivity index (χ2n) is 7.27. The monoisotopic (exact) mass is 432 g/mol. The van der Waals surface area contributed by atoms with Gasteiger partial charge >= 0.3 is 0 Å². The molecule has 1 aliphatic rings. The predicted molar refractivity (Wildman–Crippen MR) is 115 cm³/mol. The highest BCUT2D eigenvalue weighted by Crippen LogP contribution is 2.48. The Morgan fingerprint density at radius 3 is 2.30 bits per heavy atom. The number of ether oxygens (including phenoxy) is 2. The Morgan fingerprint density at radius 1 is 1.07 bits per heavy atom. The molecule has 3 rings (SSSR count). The molecule has 0 unspecified atom stereocenters. The molecule has 1 fully saturated rings. The molecule has 0 aromatic heterocycles. The summed E-state index contributed by atoms with van der Waals surface area (Å²) in [6, 6.07) is 13.3. The molecule has 30 heavy (non-hydrogen) atoms. The quantitative estimate of drug-likeness (QED) is 0.532. The van der Waals surface area contributed by atoms with Crippen LogP contribution >= 0.6 is 0 Å². The number of hydrogen-bond donors (Lipinski definition) is 2. The summed E-state index contributed by atoms with van der Waals surface area (Å²) in [5, 5.41) is 2.97. The lowest BCUT2D eigenvalue weighted by Gasteiger charge is -2.16. The Labute approximate surface area is 177 Å². The number of carbonyl (C=O) groups is 1. The molecule has 2 aromatic carbocycles. The number of sulfonamides is 1. The van der Waals surface area contributed by atoms with Crippen molar-refractivity contribution in [2.24, 2.45) is 0 Å². The van der Waals surface area contributed by atoms with Gasteiger partial charge in [-0.1, -0.05) is 12.1 Å². The molecule has 8 heteroatoms. The highest BCUT2D eigenvalue weighted by molar-refractivity contribution is 7.92. The van der Waals surface area contributed by atoms with Crippen molar-refractivity contribution in [1.82, 2.24) is 5.32 Å². The fourth-order valence-electron chi connectivity index (χ4n) is 3.31. The SMILES string of the molecule is CCOc1ccc(S(=O)(=O)Nc2ccc(C3(C(=O)NCCCOC)CC3)cc2)cc1. The number of carbonyl (C=O) groups excluding carboxylic acids is 1. The number of nitrogens with one attached hydrogen (secondary N) is 2. The van der Waals surface area contributed by atoms with E-state index >= 15 is 0 Å². The first-order valence-electron chi connectivity index (χ1n) is 10.0. The number of benzene rings is 2. The highest BCUT2D eigenvalue weighted by atomic mass is 32.2. The average molecular weight is 433 g/mol. The molecule has 7 nitrogen and oxygen atoms in total. The van der Waals surface area contributed by atoms with Gasteiger partial charge in [-0.3, -0.25) is 9.52 Å². The van der Waals surface area contributed by atoms with E-state index < -0.39 is 15.4 Å². The van der Waals surface area contributed by atoms with Crippen LogP contribution in [0.3, 0.4) is 0 Å². The second-order valence-corrected chi connectivity index (χ2v) is 8.95. The Morgan fingerprint density at radius 2 is 1.73 bits per heavy atom. The lowest BCUT2D eigenvalue weighted by Crippen LogP contribution is -2.35. The normalized spacial score (nSPS) is 14.7. The van der Waals surface area contributed by atoms with E-state index in [0.29, 0.717) is 31.2 Å². The minimum Gasteiger partial charge on any atom is -0.494 e. The number of anilines is 1. The van der Waals surface area contributed by atoms with Gasteiger partial charge in [-0.25, -0.2) is 8.42 Å². The summed E-state index contributed by atoms with van der Waals surface area (Å²) < 4.78 is 38.2. The summed E-state index contributed by atoms with van der Waals surface area (Å²) in [4.78, 5) is 12.7. The first-order chi connectivity index (χ1) is 14.4. The molecular weight excluding hydrogens is 404 g/mol. The predicted octanol–water partition coefficient (Wildman–Crippen LogP) is 3.07. The molecule has 0 spiro atoms. The van der Waals surface area contributed by atoms with Gasteiger partial charge in [0.25, 0.3) is 10.0 Å². The summed E-state index contributed by atoms with van der Waals surface area (Å²) in [5.74, 6) is 0.636. The third-order valence-electron chi connectivity index (χ3n) is 5.13. The Kier molecular flexibility index (Phi) is 6.99. The van der Waals surface area contributed by atoms with Crippen LogP contribution in [0.4, 0.5) is 5.69 Å². The topological polar surface area (TPSA) is 93.7 Å². The van der Waals surface area contributed by atoms with E-state index in [1.807, 2.05) is 19.1 Å². The van der Waals surface area contributed by atoms with Crippen LogP contribution in [0.5, 0.6) is 5.75 Å². The second kappa shape index (κ2) is 9.49. The molecule has 0 radical (unpaired) electrons. The lowest BCUT2D eigenvalue weighted by atomic mass is 9.95. The maximum absolute atomic E-state index is 12.6. The van der Waals surface area contributed by atoms with Crippen molar-refractivity contribution in [3.8, 4) is 5.75 Å². The summed E-state index contributed by atoms with van der Waals surface area (Å²) in [5.41, 5.74) is 0.847. The largest absolute Gasteiger partial charge is 0.494 e. The van der Waals surface area contributed by atoms with E-state index in [9.17, 15) is 13.2 Å². The van der Waals surface area contributed by atoms with Crippen molar-refractivity contribution in [3.63, 3.8) is 0 Å². The Hall–Kier alpha value is -2.58. The first-order valence-corrected chi connectivity index (χ1v) is 11.5.